The molecule has 138 valence electrons. The van der Waals surface area contributed by atoms with Gasteiger partial charge in [-0.05, 0) is 38.1 Å². The number of carbonyl (C=O) groups is 1. The number of methoxy groups -OCH3 is 1. The highest BCUT2D eigenvalue weighted by molar-refractivity contribution is 7.99. The molecule has 0 aliphatic carbocycles. The van der Waals surface area contributed by atoms with E-state index in [2.05, 4.69) is 25.5 Å². The number of rotatable bonds is 5. The number of hydrogen-bond donors (Lipinski definition) is 1. The lowest BCUT2D eigenvalue weighted by Crippen LogP contribution is -2.14. The first kappa shape index (κ1) is 17.7. The fraction of sp³-hybridized carbons (Fsp3) is 0.235. The van der Waals surface area contributed by atoms with Crippen molar-refractivity contribution in [3.05, 3.63) is 35.7 Å². The van der Waals surface area contributed by atoms with Crippen LogP contribution in [0.25, 0.3) is 16.0 Å². The van der Waals surface area contributed by atoms with Crippen LogP contribution in [0.2, 0.25) is 0 Å². The molecule has 0 fully saturated rings. The molecular weight excluding hydrogens is 384 g/mol. The summed E-state index contributed by atoms with van der Waals surface area (Å²) in [4.78, 5) is 21.1. The quantitative estimate of drug-likeness (QED) is 0.514. The molecule has 4 rings (SSSR count). The number of hydrogen-bond acceptors (Lipinski definition) is 8. The zero-order chi connectivity index (χ0) is 19.0. The van der Waals surface area contributed by atoms with Crippen LogP contribution in [0.1, 0.15) is 11.4 Å². The van der Waals surface area contributed by atoms with Crippen LogP contribution < -0.4 is 10.1 Å². The second-order valence-corrected chi connectivity index (χ2v) is 7.82. The minimum absolute atomic E-state index is 0.152. The number of nitrogens with one attached hydrogen (secondary N) is 1. The summed E-state index contributed by atoms with van der Waals surface area (Å²) in [6.45, 7) is 3.88. The molecule has 0 saturated heterocycles. The SMILES string of the molecule is COc1ccc2nc(NC(=O)CSc3nnc4nc(C)cc(C)n34)sc2c1. The van der Waals surface area contributed by atoms with Gasteiger partial charge in [0.2, 0.25) is 5.91 Å². The van der Waals surface area contributed by atoms with Crippen molar-refractivity contribution in [1.29, 1.82) is 0 Å². The predicted molar refractivity (Wildman–Crippen MR) is 106 cm³/mol. The second kappa shape index (κ2) is 7.12. The molecule has 0 radical (unpaired) electrons. The summed E-state index contributed by atoms with van der Waals surface area (Å²) in [7, 11) is 1.62. The lowest BCUT2D eigenvalue weighted by atomic mass is 10.3. The van der Waals surface area contributed by atoms with Crippen LogP contribution in [0.5, 0.6) is 5.75 Å². The summed E-state index contributed by atoms with van der Waals surface area (Å²) in [5.41, 5.74) is 2.68. The summed E-state index contributed by atoms with van der Waals surface area (Å²) in [6.07, 6.45) is 0. The molecule has 0 saturated carbocycles. The van der Waals surface area contributed by atoms with E-state index in [-0.39, 0.29) is 11.7 Å². The average molecular weight is 400 g/mol. The number of nitrogens with zero attached hydrogens (tertiary/aromatic N) is 5. The monoisotopic (exact) mass is 400 g/mol. The highest BCUT2D eigenvalue weighted by atomic mass is 32.2. The number of amides is 1. The Morgan fingerprint density at radius 2 is 2.11 bits per heavy atom. The molecule has 0 aliphatic rings. The molecule has 4 aromatic rings. The van der Waals surface area contributed by atoms with E-state index in [1.165, 1.54) is 23.1 Å². The highest BCUT2D eigenvalue weighted by Crippen LogP contribution is 2.29. The van der Waals surface area contributed by atoms with E-state index in [4.69, 9.17) is 4.74 Å². The molecule has 0 unspecified atom stereocenters. The normalized spacial score (nSPS) is 11.2. The maximum atomic E-state index is 12.3. The van der Waals surface area contributed by atoms with E-state index in [1.807, 2.05) is 42.5 Å². The van der Waals surface area contributed by atoms with Gasteiger partial charge in [-0.1, -0.05) is 23.1 Å². The van der Waals surface area contributed by atoms with Crippen LogP contribution in [-0.4, -0.2) is 43.3 Å². The summed E-state index contributed by atoms with van der Waals surface area (Å²) in [5.74, 6) is 1.35. The molecule has 0 atom stereocenters. The van der Waals surface area contributed by atoms with Gasteiger partial charge in [-0.15, -0.1) is 10.2 Å². The second-order valence-electron chi connectivity index (χ2n) is 5.85. The molecular formula is C17H16N6O2S2. The van der Waals surface area contributed by atoms with Crippen molar-refractivity contribution in [2.24, 2.45) is 0 Å². The van der Waals surface area contributed by atoms with Gasteiger partial charge in [-0.2, -0.15) is 0 Å². The standard InChI is InChI=1S/C17H16N6O2S2/c1-9-6-10(2)23-15(18-9)21-22-17(23)26-8-14(24)20-16-19-12-5-4-11(25-3)7-13(12)27-16/h4-7H,8H2,1-3H3,(H,19,20,24). The van der Waals surface area contributed by atoms with E-state index >= 15 is 0 Å². The van der Waals surface area contributed by atoms with Crippen LogP contribution in [0.3, 0.4) is 0 Å². The summed E-state index contributed by atoms with van der Waals surface area (Å²) < 4.78 is 8.01. The predicted octanol–water partition coefficient (Wildman–Crippen LogP) is 3.09. The number of ether oxygens (including phenoxy) is 1. The fourth-order valence-electron chi connectivity index (χ4n) is 2.66. The Morgan fingerprint density at radius 1 is 1.26 bits per heavy atom. The van der Waals surface area contributed by atoms with Gasteiger partial charge in [0.1, 0.15) is 5.75 Å². The number of aryl methyl sites for hydroxylation is 2. The molecule has 1 amide bonds. The number of thioether (sulfide) groups is 1. The fourth-order valence-corrected chi connectivity index (χ4v) is 4.36. The third kappa shape index (κ3) is 3.58. The summed E-state index contributed by atoms with van der Waals surface area (Å²) in [6, 6.07) is 7.57. The van der Waals surface area contributed by atoms with Crippen molar-refractivity contribution in [2.75, 3.05) is 18.2 Å². The van der Waals surface area contributed by atoms with Crippen LogP contribution in [0.15, 0.2) is 29.4 Å². The maximum absolute atomic E-state index is 12.3. The number of benzene rings is 1. The van der Waals surface area contributed by atoms with Gasteiger partial charge in [0.05, 0.1) is 23.1 Å². The van der Waals surface area contributed by atoms with Crippen LogP contribution in [0, 0.1) is 13.8 Å². The Balaban J connectivity index is 1.46. The van der Waals surface area contributed by atoms with E-state index in [0.29, 0.717) is 16.1 Å². The van der Waals surface area contributed by atoms with Crippen molar-refractivity contribution in [1.82, 2.24) is 24.6 Å². The Hall–Kier alpha value is -2.72. The number of aromatic nitrogens is 5. The molecule has 3 heterocycles. The van der Waals surface area contributed by atoms with E-state index in [9.17, 15) is 4.79 Å². The molecule has 27 heavy (non-hydrogen) atoms. The smallest absolute Gasteiger partial charge is 0.256 e. The van der Waals surface area contributed by atoms with Crippen molar-refractivity contribution >= 4 is 50.1 Å². The number of anilines is 1. The molecule has 0 bridgehead atoms. The van der Waals surface area contributed by atoms with Crippen molar-refractivity contribution in [3.63, 3.8) is 0 Å². The maximum Gasteiger partial charge on any atom is 0.256 e. The van der Waals surface area contributed by atoms with Crippen LogP contribution >= 0.6 is 23.1 Å². The van der Waals surface area contributed by atoms with Gasteiger partial charge < -0.3 is 10.1 Å². The molecule has 3 aromatic heterocycles. The summed E-state index contributed by atoms with van der Waals surface area (Å²) in [5, 5.41) is 12.2. The Kier molecular flexibility index (Phi) is 4.66. The molecule has 10 heteroatoms. The minimum Gasteiger partial charge on any atom is -0.497 e. The van der Waals surface area contributed by atoms with Gasteiger partial charge >= 0.3 is 0 Å². The summed E-state index contributed by atoms with van der Waals surface area (Å²) >= 11 is 2.72. The van der Waals surface area contributed by atoms with Crippen molar-refractivity contribution in [2.45, 2.75) is 19.0 Å². The molecule has 1 aromatic carbocycles. The van der Waals surface area contributed by atoms with Crippen molar-refractivity contribution < 1.29 is 9.53 Å². The zero-order valence-electron chi connectivity index (χ0n) is 14.9. The van der Waals surface area contributed by atoms with E-state index in [1.54, 1.807) is 7.11 Å². The topological polar surface area (TPSA) is 94.3 Å². The first-order valence-electron chi connectivity index (χ1n) is 8.10. The van der Waals surface area contributed by atoms with E-state index in [0.717, 1.165) is 27.4 Å². The third-order valence-corrected chi connectivity index (χ3v) is 5.70. The number of fused-ring (bicyclic) bond motifs is 2. The first-order valence-corrected chi connectivity index (χ1v) is 9.90. The molecule has 8 nitrogen and oxygen atoms in total. The first-order chi connectivity index (χ1) is 13.0. The van der Waals surface area contributed by atoms with Crippen LogP contribution in [0.4, 0.5) is 5.13 Å². The number of thiazole rings is 1. The van der Waals surface area contributed by atoms with Gasteiger partial charge in [0.25, 0.3) is 5.78 Å². The lowest BCUT2D eigenvalue weighted by Gasteiger charge is -2.04. The Morgan fingerprint density at radius 3 is 2.93 bits per heavy atom. The molecule has 1 N–H and O–H groups in total. The Labute approximate surface area is 163 Å². The van der Waals surface area contributed by atoms with Gasteiger partial charge in [0, 0.05) is 11.4 Å². The largest absolute Gasteiger partial charge is 0.497 e. The van der Waals surface area contributed by atoms with E-state index < -0.39 is 0 Å². The molecule has 0 aliphatic heterocycles. The highest BCUT2D eigenvalue weighted by Gasteiger charge is 2.14. The molecule has 0 spiro atoms. The van der Waals surface area contributed by atoms with Crippen LogP contribution in [-0.2, 0) is 4.79 Å². The minimum atomic E-state index is -0.152. The van der Waals surface area contributed by atoms with Gasteiger partial charge in [0.15, 0.2) is 10.3 Å². The average Bonchev–Trinajstić information content (AvgIpc) is 3.22. The third-order valence-electron chi connectivity index (χ3n) is 3.84. The van der Waals surface area contributed by atoms with Gasteiger partial charge in [-0.3, -0.25) is 9.20 Å². The Bertz CT molecular complexity index is 1150. The zero-order valence-corrected chi connectivity index (χ0v) is 16.5. The number of carbonyl (C=O) groups excluding carboxylic acids is 1. The lowest BCUT2D eigenvalue weighted by molar-refractivity contribution is -0.113. The van der Waals surface area contributed by atoms with Crippen molar-refractivity contribution in [3.8, 4) is 5.75 Å². The van der Waals surface area contributed by atoms with Gasteiger partial charge in [-0.25, -0.2) is 9.97 Å².